The number of aryl methyl sites for hydroxylation is 1. The molecule has 0 aliphatic carbocycles. The Morgan fingerprint density at radius 2 is 1.93 bits per heavy atom. The largest absolute Gasteiger partial charge is 0.474 e. The number of hydrogen-bond acceptors (Lipinski definition) is 6. The molecule has 2 fully saturated rings. The van der Waals surface area contributed by atoms with Gasteiger partial charge in [-0.2, -0.15) is 4.98 Å². The smallest absolute Gasteiger partial charge is 0.225 e. The molecule has 29 heavy (non-hydrogen) atoms. The standard InChI is InChI=1S/C23H23N3O2S/c1-13-24-11-21(29-13)14-2-5-19-15(8-14)12-27-23-20(19)6-7-22(26-23)28-18-9-16-3-4-17(10-18)25-16/h2,5-8,11,16-18,25H,3-4,9-10,12H2,1H3/t16-,17+,18-. The number of nitrogens with one attached hydrogen (secondary N) is 1. The highest BCUT2D eigenvalue weighted by Gasteiger charge is 2.34. The summed E-state index contributed by atoms with van der Waals surface area (Å²) < 4.78 is 12.2. The fraction of sp³-hybridized carbons (Fsp3) is 0.391. The van der Waals surface area contributed by atoms with Crippen LogP contribution in [0.25, 0.3) is 21.6 Å². The summed E-state index contributed by atoms with van der Waals surface area (Å²) in [6, 6.07) is 11.8. The lowest BCUT2D eigenvalue weighted by Gasteiger charge is -2.29. The molecule has 0 radical (unpaired) electrons. The van der Waals surface area contributed by atoms with Crippen molar-refractivity contribution in [1.29, 1.82) is 0 Å². The molecule has 0 saturated carbocycles. The van der Waals surface area contributed by atoms with Crippen molar-refractivity contribution in [3.8, 4) is 33.3 Å². The van der Waals surface area contributed by atoms with Gasteiger partial charge in [0.15, 0.2) is 0 Å². The maximum Gasteiger partial charge on any atom is 0.225 e. The predicted octanol–water partition coefficient (Wildman–Crippen LogP) is 4.73. The lowest BCUT2D eigenvalue weighted by molar-refractivity contribution is 0.130. The van der Waals surface area contributed by atoms with Gasteiger partial charge in [0, 0.05) is 29.9 Å². The molecule has 3 aliphatic heterocycles. The predicted molar refractivity (Wildman–Crippen MR) is 113 cm³/mol. The monoisotopic (exact) mass is 405 g/mol. The quantitative estimate of drug-likeness (QED) is 0.682. The van der Waals surface area contributed by atoms with E-state index in [4.69, 9.17) is 9.47 Å². The van der Waals surface area contributed by atoms with Crippen molar-refractivity contribution < 1.29 is 9.47 Å². The summed E-state index contributed by atoms with van der Waals surface area (Å²) in [5, 5.41) is 4.74. The van der Waals surface area contributed by atoms with Crippen molar-refractivity contribution >= 4 is 11.3 Å². The highest BCUT2D eigenvalue weighted by Crippen LogP contribution is 2.40. The highest BCUT2D eigenvalue weighted by molar-refractivity contribution is 7.15. The zero-order valence-electron chi connectivity index (χ0n) is 16.4. The Morgan fingerprint density at radius 1 is 1.10 bits per heavy atom. The third-order valence-electron chi connectivity index (χ3n) is 6.22. The number of ether oxygens (including phenoxy) is 2. The molecule has 6 rings (SSSR count). The van der Waals surface area contributed by atoms with E-state index in [1.165, 1.54) is 34.4 Å². The summed E-state index contributed by atoms with van der Waals surface area (Å²) in [6.45, 7) is 2.56. The van der Waals surface area contributed by atoms with Gasteiger partial charge < -0.3 is 14.8 Å². The molecule has 148 valence electrons. The maximum atomic E-state index is 6.23. The van der Waals surface area contributed by atoms with Gasteiger partial charge in [0.2, 0.25) is 11.8 Å². The number of fused-ring (bicyclic) bond motifs is 5. The first-order valence-corrected chi connectivity index (χ1v) is 11.2. The van der Waals surface area contributed by atoms with E-state index in [0.29, 0.717) is 30.5 Å². The number of hydrogen-bond donors (Lipinski definition) is 1. The first kappa shape index (κ1) is 17.4. The van der Waals surface area contributed by atoms with Crippen molar-refractivity contribution in [1.82, 2.24) is 15.3 Å². The van der Waals surface area contributed by atoms with Crippen LogP contribution in [0.2, 0.25) is 0 Å². The van der Waals surface area contributed by atoms with E-state index < -0.39 is 0 Å². The van der Waals surface area contributed by atoms with Gasteiger partial charge in [-0.05, 0) is 61.4 Å². The number of pyridine rings is 1. The molecule has 1 aromatic carbocycles. The summed E-state index contributed by atoms with van der Waals surface area (Å²) in [5.41, 5.74) is 4.60. The van der Waals surface area contributed by atoms with Crippen LogP contribution in [0.5, 0.6) is 11.8 Å². The summed E-state index contributed by atoms with van der Waals surface area (Å²) in [6.07, 6.45) is 6.87. The van der Waals surface area contributed by atoms with E-state index in [-0.39, 0.29) is 6.10 Å². The molecule has 6 heteroatoms. The van der Waals surface area contributed by atoms with Crippen LogP contribution < -0.4 is 14.8 Å². The van der Waals surface area contributed by atoms with Crippen molar-refractivity contribution in [2.45, 2.75) is 57.4 Å². The molecule has 2 saturated heterocycles. The van der Waals surface area contributed by atoms with Crippen LogP contribution in [-0.2, 0) is 6.61 Å². The second-order valence-electron chi connectivity index (χ2n) is 8.26. The van der Waals surface area contributed by atoms with E-state index in [1.807, 2.05) is 19.2 Å². The lowest BCUT2D eigenvalue weighted by atomic mass is 9.96. The fourth-order valence-electron chi connectivity index (χ4n) is 4.85. The average Bonchev–Trinajstić information content (AvgIpc) is 3.32. The number of rotatable bonds is 3. The molecule has 0 amide bonds. The number of benzene rings is 1. The summed E-state index contributed by atoms with van der Waals surface area (Å²) in [7, 11) is 0. The number of nitrogens with zero attached hydrogens (tertiary/aromatic N) is 2. The minimum atomic E-state index is 0.251. The fourth-order valence-corrected chi connectivity index (χ4v) is 5.62. The van der Waals surface area contributed by atoms with Crippen LogP contribution in [0.3, 0.4) is 0 Å². The molecule has 1 N–H and O–H groups in total. The van der Waals surface area contributed by atoms with E-state index in [1.54, 1.807) is 11.3 Å². The van der Waals surface area contributed by atoms with Gasteiger partial charge in [-0.25, -0.2) is 4.98 Å². The summed E-state index contributed by atoms with van der Waals surface area (Å²) >= 11 is 1.71. The van der Waals surface area contributed by atoms with Gasteiger partial charge in [-0.3, -0.25) is 0 Å². The molecular weight excluding hydrogens is 382 g/mol. The van der Waals surface area contributed by atoms with Crippen LogP contribution in [-0.4, -0.2) is 28.2 Å². The zero-order chi connectivity index (χ0) is 19.4. The molecule has 3 aliphatic rings. The van der Waals surface area contributed by atoms with E-state index >= 15 is 0 Å². The third kappa shape index (κ3) is 3.20. The van der Waals surface area contributed by atoms with E-state index in [2.05, 4.69) is 39.6 Å². The average molecular weight is 406 g/mol. The van der Waals surface area contributed by atoms with Crippen LogP contribution in [0.15, 0.2) is 36.5 Å². The Labute approximate surface area is 174 Å². The summed E-state index contributed by atoms with van der Waals surface area (Å²) in [4.78, 5) is 10.2. The minimum Gasteiger partial charge on any atom is -0.474 e. The molecule has 2 aromatic heterocycles. The first-order chi connectivity index (χ1) is 14.2. The van der Waals surface area contributed by atoms with Crippen molar-refractivity contribution in [2.24, 2.45) is 0 Å². The van der Waals surface area contributed by atoms with Crippen LogP contribution in [0.1, 0.15) is 36.3 Å². The minimum absolute atomic E-state index is 0.251. The van der Waals surface area contributed by atoms with Gasteiger partial charge in [-0.15, -0.1) is 11.3 Å². The van der Waals surface area contributed by atoms with Crippen LogP contribution in [0, 0.1) is 6.92 Å². The van der Waals surface area contributed by atoms with Crippen molar-refractivity contribution in [3.05, 3.63) is 47.1 Å². The Bertz CT molecular complexity index is 1070. The van der Waals surface area contributed by atoms with Crippen LogP contribution in [0.4, 0.5) is 0 Å². The SMILES string of the molecule is Cc1ncc(-c2ccc3c(c2)COc2nc(O[C@@H]4C[C@H]5CC[C@@H](C4)N5)ccc2-3)s1. The van der Waals surface area contributed by atoms with Crippen molar-refractivity contribution in [2.75, 3.05) is 0 Å². The highest BCUT2D eigenvalue weighted by atomic mass is 32.1. The molecule has 2 bridgehead atoms. The number of thiazole rings is 1. The van der Waals surface area contributed by atoms with Gasteiger partial charge >= 0.3 is 0 Å². The third-order valence-corrected chi connectivity index (χ3v) is 7.18. The number of aromatic nitrogens is 2. The van der Waals surface area contributed by atoms with Crippen LogP contribution >= 0.6 is 11.3 Å². The molecule has 3 aromatic rings. The molecule has 3 atom stereocenters. The molecule has 0 unspecified atom stereocenters. The molecule has 0 spiro atoms. The second kappa shape index (κ2) is 6.82. The van der Waals surface area contributed by atoms with Gasteiger partial charge in [0.25, 0.3) is 0 Å². The second-order valence-corrected chi connectivity index (χ2v) is 9.49. The topological polar surface area (TPSA) is 56.3 Å². The van der Waals surface area contributed by atoms with Gasteiger partial charge in [0.1, 0.15) is 12.7 Å². The molecule has 5 heterocycles. The van der Waals surface area contributed by atoms with E-state index in [0.717, 1.165) is 23.4 Å². The number of piperidine rings is 1. The van der Waals surface area contributed by atoms with E-state index in [9.17, 15) is 0 Å². The lowest BCUT2D eigenvalue weighted by Crippen LogP contribution is -2.42. The molecule has 5 nitrogen and oxygen atoms in total. The maximum absolute atomic E-state index is 6.23. The first-order valence-electron chi connectivity index (χ1n) is 10.3. The van der Waals surface area contributed by atoms with Crippen molar-refractivity contribution in [3.63, 3.8) is 0 Å². The van der Waals surface area contributed by atoms with Gasteiger partial charge in [0.05, 0.1) is 9.88 Å². The summed E-state index contributed by atoms with van der Waals surface area (Å²) in [5.74, 6) is 1.35. The Hall–Kier alpha value is -2.44. The Balaban J connectivity index is 1.26. The Morgan fingerprint density at radius 3 is 2.72 bits per heavy atom. The normalized spacial score (nSPS) is 24.5. The van der Waals surface area contributed by atoms with Gasteiger partial charge in [-0.1, -0.05) is 12.1 Å². The molecular formula is C23H23N3O2S. The Kier molecular flexibility index (Phi) is 4.09. The zero-order valence-corrected chi connectivity index (χ0v) is 17.2.